The zero-order valence-corrected chi connectivity index (χ0v) is 12.1. The Hall–Kier alpha value is -1.54. The number of carbonyl (C=O) groups is 1. The Morgan fingerprint density at radius 1 is 1.38 bits per heavy atom. The van der Waals surface area contributed by atoms with E-state index in [-0.39, 0.29) is 12.3 Å². The summed E-state index contributed by atoms with van der Waals surface area (Å²) in [5, 5.41) is 3.09. The quantitative estimate of drug-likeness (QED) is 0.624. The molecule has 2 N–H and O–H groups in total. The number of nitrogens with zero attached hydrogens (tertiary/aromatic N) is 1. The lowest BCUT2D eigenvalue weighted by atomic mass is 9.80. The Balaban J connectivity index is 1.78. The standard InChI is InChI=1S/C14H16N2O4S/c17-13(7-6-11-4-2-1-3-5-11)14-10-16(21(18,19)20)12(14)8-9-15-14/h1-7,12,15H,8-10H2,(H,18,19,20)/b7-6+/t12-,14+/m1/s1. The summed E-state index contributed by atoms with van der Waals surface area (Å²) in [6.07, 6.45) is 3.71. The summed E-state index contributed by atoms with van der Waals surface area (Å²) >= 11 is 0. The molecule has 1 aromatic carbocycles. The van der Waals surface area contributed by atoms with Crippen molar-refractivity contribution in [2.24, 2.45) is 0 Å². The van der Waals surface area contributed by atoms with E-state index < -0.39 is 21.9 Å². The van der Waals surface area contributed by atoms with Gasteiger partial charge >= 0.3 is 10.3 Å². The zero-order chi connectivity index (χ0) is 15.1. The van der Waals surface area contributed by atoms with Gasteiger partial charge < -0.3 is 5.32 Å². The van der Waals surface area contributed by atoms with E-state index >= 15 is 0 Å². The number of rotatable bonds is 4. The molecule has 0 unspecified atom stereocenters. The number of nitrogens with one attached hydrogen (secondary N) is 1. The third-order valence-electron chi connectivity index (χ3n) is 4.14. The Morgan fingerprint density at radius 3 is 2.76 bits per heavy atom. The van der Waals surface area contributed by atoms with Crippen molar-refractivity contribution in [2.75, 3.05) is 13.1 Å². The first-order valence-electron chi connectivity index (χ1n) is 6.70. The van der Waals surface area contributed by atoms with Crippen LogP contribution in [0.2, 0.25) is 0 Å². The molecule has 2 heterocycles. The van der Waals surface area contributed by atoms with E-state index in [0.29, 0.717) is 13.0 Å². The summed E-state index contributed by atoms with van der Waals surface area (Å²) in [6, 6.07) is 8.91. The van der Waals surface area contributed by atoms with Crippen molar-refractivity contribution in [1.29, 1.82) is 0 Å². The van der Waals surface area contributed by atoms with Gasteiger partial charge in [0.25, 0.3) is 0 Å². The van der Waals surface area contributed by atoms with Gasteiger partial charge in [0.05, 0.1) is 6.04 Å². The van der Waals surface area contributed by atoms with Crippen molar-refractivity contribution >= 4 is 22.2 Å². The topological polar surface area (TPSA) is 86.7 Å². The second-order valence-corrected chi connectivity index (χ2v) is 6.70. The SMILES string of the molecule is O=C(/C=C/c1ccccc1)[C@]12CN(S(=O)(=O)O)[C@@H]1CCN2. The van der Waals surface area contributed by atoms with E-state index in [1.54, 1.807) is 6.08 Å². The maximum Gasteiger partial charge on any atom is 0.336 e. The molecule has 1 aromatic rings. The molecule has 0 amide bonds. The van der Waals surface area contributed by atoms with E-state index in [0.717, 1.165) is 9.87 Å². The molecule has 7 heteroatoms. The van der Waals surface area contributed by atoms with Gasteiger partial charge in [-0.1, -0.05) is 36.4 Å². The normalized spacial score (nSPS) is 29.3. The summed E-state index contributed by atoms with van der Waals surface area (Å²) < 4.78 is 32.6. The van der Waals surface area contributed by atoms with Crippen molar-refractivity contribution in [3.8, 4) is 0 Å². The number of benzene rings is 1. The zero-order valence-electron chi connectivity index (χ0n) is 11.3. The molecule has 0 spiro atoms. The van der Waals surface area contributed by atoms with Crippen LogP contribution in [0.25, 0.3) is 6.08 Å². The van der Waals surface area contributed by atoms with E-state index in [9.17, 15) is 13.2 Å². The molecular weight excluding hydrogens is 292 g/mol. The average molecular weight is 308 g/mol. The van der Waals surface area contributed by atoms with Crippen LogP contribution >= 0.6 is 0 Å². The van der Waals surface area contributed by atoms with Crippen LogP contribution in [0.5, 0.6) is 0 Å². The number of hydrogen-bond donors (Lipinski definition) is 2. The molecular formula is C14H16N2O4S. The molecule has 2 fully saturated rings. The van der Waals surface area contributed by atoms with Crippen LogP contribution in [0.3, 0.4) is 0 Å². The highest BCUT2D eigenvalue weighted by Gasteiger charge is 2.62. The number of carbonyl (C=O) groups excluding carboxylic acids is 1. The van der Waals surface area contributed by atoms with E-state index in [1.807, 2.05) is 30.3 Å². The van der Waals surface area contributed by atoms with E-state index in [1.165, 1.54) is 6.08 Å². The molecule has 2 aliphatic rings. The summed E-state index contributed by atoms with van der Waals surface area (Å²) in [5.74, 6) is -0.159. The monoisotopic (exact) mass is 308 g/mol. The van der Waals surface area contributed by atoms with E-state index in [2.05, 4.69) is 5.32 Å². The number of fused-ring (bicyclic) bond motifs is 1. The molecule has 0 saturated carbocycles. The van der Waals surface area contributed by atoms with Crippen LogP contribution in [0.15, 0.2) is 36.4 Å². The van der Waals surface area contributed by atoms with Gasteiger partial charge in [-0.3, -0.25) is 9.35 Å². The average Bonchev–Trinajstić information content (AvgIpc) is 2.73. The Labute approximate surface area is 123 Å². The molecule has 6 nitrogen and oxygen atoms in total. The van der Waals surface area contributed by atoms with Gasteiger partial charge in [0.15, 0.2) is 5.78 Å². The minimum Gasteiger partial charge on any atom is -0.302 e. The van der Waals surface area contributed by atoms with Gasteiger partial charge in [0, 0.05) is 6.54 Å². The summed E-state index contributed by atoms with van der Waals surface area (Å²) in [4.78, 5) is 12.4. The lowest BCUT2D eigenvalue weighted by Crippen LogP contribution is -2.75. The van der Waals surface area contributed by atoms with Crippen LogP contribution in [-0.4, -0.2) is 47.7 Å². The predicted octanol–water partition coefficient (Wildman–Crippen LogP) is 0.488. The molecule has 0 aliphatic carbocycles. The van der Waals surface area contributed by atoms with Crippen LogP contribution in [0, 0.1) is 0 Å². The fourth-order valence-corrected chi connectivity index (χ4v) is 4.02. The number of hydrogen-bond acceptors (Lipinski definition) is 4. The second kappa shape index (κ2) is 5.03. The third kappa shape index (κ3) is 2.42. The lowest BCUT2D eigenvalue weighted by molar-refractivity contribution is -0.126. The smallest absolute Gasteiger partial charge is 0.302 e. The molecule has 3 rings (SSSR count). The van der Waals surface area contributed by atoms with Gasteiger partial charge in [0.1, 0.15) is 5.54 Å². The van der Waals surface area contributed by atoms with Crippen molar-refractivity contribution in [3.63, 3.8) is 0 Å². The maximum absolute atomic E-state index is 12.4. The molecule has 0 radical (unpaired) electrons. The van der Waals surface area contributed by atoms with Gasteiger partial charge in [-0.25, -0.2) is 0 Å². The fraction of sp³-hybridized carbons (Fsp3) is 0.357. The van der Waals surface area contributed by atoms with Crippen LogP contribution in [-0.2, 0) is 15.1 Å². The molecule has 0 aromatic heterocycles. The van der Waals surface area contributed by atoms with Crippen LogP contribution in [0.4, 0.5) is 0 Å². The summed E-state index contributed by atoms with van der Waals surface area (Å²) in [7, 11) is -4.24. The Bertz CT molecular complexity index is 686. The van der Waals surface area contributed by atoms with E-state index in [4.69, 9.17) is 4.55 Å². The molecule has 2 aliphatic heterocycles. The number of ketones is 1. The van der Waals surface area contributed by atoms with Crippen LogP contribution < -0.4 is 5.32 Å². The van der Waals surface area contributed by atoms with Gasteiger partial charge in [0.2, 0.25) is 0 Å². The maximum atomic E-state index is 12.4. The molecule has 2 atom stereocenters. The highest BCUT2D eigenvalue weighted by molar-refractivity contribution is 7.83. The van der Waals surface area contributed by atoms with Gasteiger partial charge in [-0.05, 0) is 24.6 Å². The first-order valence-corrected chi connectivity index (χ1v) is 8.10. The van der Waals surface area contributed by atoms with Crippen molar-refractivity contribution in [1.82, 2.24) is 9.62 Å². The largest absolute Gasteiger partial charge is 0.336 e. The van der Waals surface area contributed by atoms with Crippen molar-refractivity contribution < 1.29 is 17.8 Å². The third-order valence-corrected chi connectivity index (χ3v) is 5.12. The Kier molecular flexibility index (Phi) is 3.45. The predicted molar refractivity (Wildman–Crippen MR) is 77.9 cm³/mol. The molecule has 2 saturated heterocycles. The van der Waals surface area contributed by atoms with Crippen molar-refractivity contribution in [2.45, 2.75) is 18.0 Å². The summed E-state index contributed by atoms with van der Waals surface area (Å²) in [5.41, 5.74) is 0.0175. The molecule has 112 valence electrons. The fourth-order valence-electron chi connectivity index (χ4n) is 3.05. The molecule has 21 heavy (non-hydrogen) atoms. The van der Waals surface area contributed by atoms with Gasteiger partial charge in [-0.15, -0.1) is 0 Å². The first-order chi connectivity index (χ1) is 9.93. The van der Waals surface area contributed by atoms with Crippen molar-refractivity contribution in [3.05, 3.63) is 42.0 Å². The van der Waals surface area contributed by atoms with Gasteiger partial charge in [-0.2, -0.15) is 12.7 Å². The highest BCUT2D eigenvalue weighted by atomic mass is 32.2. The second-order valence-electron chi connectivity index (χ2n) is 5.33. The minimum absolute atomic E-state index is 0.0194. The highest BCUT2D eigenvalue weighted by Crippen LogP contribution is 2.38. The Morgan fingerprint density at radius 2 is 2.10 bits per heavy atom. The lowest BCUT2D eigenvalue weighted by Gasteiger charge is -2.49. The minimum atomic E-state index is -4.24. The van der Waals surface area contributed by atoms with Crippen LogP contribution in [0.1, 0.15) is 12.0 Å². The first kappa shape index (κ1) is 14.4. The summed E-state index contributed by atoms with van der Waals surface area (Å²) in [6.45, 7) is 0.538. The molecule has 0 bridgehead atoms.